The number of benzene rings is 2. The summed E-state index contributed by atoms with van der Waals surface area (Å²) in [4.78, 5) is 28.1. The van der Waals surface area contributed by atoms with Gasteiger partial charge in [0.25, 0.3) is 0 Å². The van der Waals surface area contributed by atoms with E-state index in [2.05, 4.69) is 36.4 Å². The molecule has 4 aliphatic rings. The van der Waals surface area contributed by atoms with E-state index >= 15 is 0 Å². The second kappa shape index (κ2) is 5.34. The zero-order valence-electron chi connectivity index (χ0n) is 15.6. The Morgan fingerprint density at radius 3 is 2.07 bits per heavy atom. The van der Waals surface area contributed by atoms with Gasteiger partial charge in [-0.3, -0.25) is 14.5 Å². The van der Waals surface area contributed by atoms with Crippen LogP contribution in [-0.4, -0.2) is 18.9 Å². The van der Waals surface area contributed by atoms with Gasteiger partial charge in [-0.25, -0.2) is 0 Å². The predicted molar refractivity (Wildman–Crippen MR) is 105 cm³/mol. The van der Waals surface area contributed by atoms with E-state index in [-0.39, 0.29) is 40.9 Å². The van der Waals surface area contributed by atoms with Crippen LogP contribution in [0.5, 0.6) is 5.75 Å². The summed E-state index contributed by atoms with van der Waals surface area (Å²) in [5, 5.41) is 0. The Balaban J connectivity index is 1.34. The summed E-state index contributed by atoms with van der Waals surface area (Å²) in [6.07, 6.45) is 5.52. The van der Waals surface area contributed by atoms with Gasteiger partial charge in [0.1, 0.15) is 5.75 Å². The van der Waals surface area contributed by atoms with E-state index < -0.39 is 0 Å². The quantitative estimate of drug-likeness (QED) is 0.609. The van der Waals surface area contributed by atoms with Gasteiger partial charge in [-0.2, -0.15) is 0 Å². The van der Waals surface area contributed by atoms with Crippen LogP contribution in [0.1, 0.15) is 17.9 Å². The third kappa shape index (κ3) is 1.81. The van der Waals surface area contributed by atoms with Crippen molar-refractivity contribution in [3.63, 3.8) is 0 Å². The number of hydrogen-bond donors (Lipinski definition) is 0. The maximum absolute atomic E-state index is 13.3. The molecule has 2 saturated carbocycles. The fourth-order valence-electron chi connectivity index (χ4n) is 6.33. The van der Waals surface area contributed by atoms with Crippen molar-refractivity contribution in [3.8, 4) is 5.75 Å². The Bertz CT molecular complexity index is 978. The molecular formula is C24H21NO3. The number of fused-ring (bicyclic) bond motifs is 3. The summed E-state index contributed by atoms with van der Waals surface area (Å²) >= 11 is 0. The Hall–Kier alpha value is -2.88. The lowest BCUT2D eigenvalue weighted by Gasteiger charge is -2.23. The van der Waals surface area contributed by atoms with Crippen molar-refractivity contribution in [1.29, 1.82) is 0 Å². The maximum atomic E-state index is 13.3. The standard InChI is InChI=1S/C24H21NO3/c1-28-16-9-7-15(8-10-16)25-22(26)20-17-11-12-18(21(20)23(25)27)24(17)13-19(24)14-5-3-2-4-6-14/h2-12,17-21H,13H2,1H3/t17-,18-,19+,20+,21+/m1/s1. The van der Waals surface area contributed by atoms with Gasteiger partial charge < -0.3 is 4.74 Å². The molecule has 3 aliphatic carbocycles. The summed E-state index contributed by atoms with van der Waals surface area (Å²) in [7, 11) is 1.60. The Morgan fingerprint density at radius 2 is 1.50 bits per heavy atom. The Kier molecular flexibility index (Phi) is 3.07. The number of imide groups is 1. The van der Waals surface area contributed by atoms with Crippen molar-refractivity contribution in [2.75, 3.05) is 12.0 Å². The second-order valence-electron chi connectivity index (χ2n) is 8.48. The summed E-state index contributed by atoms with van der Waals surface area (Å²) in [6, 6.07) is 17.7. The first kappa shape index (κ1) is 16.1. The fourth-order valence-corrected chi connectivity index (χ4v) is 6.33. The molecule has 0 aromatic heterocycles. The number of allylic oxidation sites excluding steroid dienone is 2. The molecule has 1 heterocycles. The maximum Gasteiger partial charge on any atom is 0.238 e. The van der Waals surface area contributed by atoms with Crippen LogP contribution in [0.3, 0.4) is 0 Å². The van der Waals surface area contributed by atoms with Gasteiger partial charge >= 0.3 is 0 Å². The second-order valence-corrected chi connectivity index (χ2v) is 8.48. The molecular weight excluding hydrogens is 350 g/mol. The first-order valence-corrected chi connectivity index (χ1v) is 9.92. The van der Waals surface area contributed by atoms with E-state index in [4.69, 9.17) is 4.74 Å². The van der Waals surface area contributed by atoms with E-state index in [1.165, 1.54) is 10.5 Å². The minimum Gasteiger partial charge on any atom is -0.497 e. The van der Waals surface area contributed by atoms with Gasteiger partial charge in [-0.05, 0) is 59.4 Å². The molecule has 0 radical (unpaired) electrons. The molecule has 28 heavy (non-hydrogen) atoms. The van der Waals surface area contributed by atoms with Crippen LogP contribution in [-0.2, 0) is 9.59 Å². The van der Waals surface area contributed by atoms with Crippen molar-refractivity contribution in [2.24, 2.45) is 29.1 Å². The van der Waals surface area contributed by atoms with Gasteiger partial charge in [0.15, 0.2) is 0 Å². The van der Waals surface area contributed by atoms with Gasteiger partial charge in [0.05, 0.1) is 24.6 Å². The molecule has 0 unspecified atom stereocenters. The number of carbonyl (C=O) groups excluding carboxylic acids is 2. The molecule has 0 N–H and O–H groups in total. The molecule has 4 heteroatoms. The summed E-state index contributed by atoms with van der Waals surface area (Å²) in [6.45, 7) is 0. The molecule has 140 valence electrons. The van der Waals surface area contributed by atoms with E-state index in [0.29, 0.717) is 17.4 Å². The molecule has 2 aromatic carbocycles. The number of carbonyl (C=O) groups is 2. The van der Waals surface area contributed by atoms with Crippen LogP contribution in [0.25, 0.3) is 0 Å². The smallest absolute Gasteiger partial charge is 0.238 e. The average Bonchev–Trinajstić information content (AvgIpc) is 3.21. The minimum atomic E-state index is -0.210. The third-order valence-electron chi connectivity index (χ3n) is 7.52. The lowest BCUT2D eigenvalue weighted by atomic mass is 9.85. The van der Waals surface area contributed by atoms with Crippen LogP contribution >= 0.6 is 0 Å². The molecule has 2 amide bonds. The fraction of sp³-hybridized carbons (Fsp3) is 0.333. The number of nitrogens with zero attached hydrogens (tertiary/aromatic N) is 1. The van der Waals surface area contributed by atoms with Crippen LogP contribution in [0.15, 0.2) is 66.7 Å². The first-order valence-electron chi connectivity index (χ1n) is 9.92. The molecule has 1 spiro atoms. The lowest BCUT2D eigenvalue weighted by Crippen LogP contribution is -2.35. The highest BCUT2D eigenvalue weighted by Gasteiger charge is 2.77. The molecule has 2 bridgehead atoms. The molecule has 1 aliphatic heterocycles. The highest BCUT2D eigenvalue weighted by atomic mass is 16.5. The topological polar surface area (TPSA) is 46.6 Å². The van der Waals surface area contributed by atoms with Crippen LogP contribution in [0.2, 0.25) is 0 Å². The summed E-state index contributed by atoms with van der Waals surface area (Å²) < 4.78 is 5.20. The normalized spacial score (nSPS) is 37.0. The molecule has 5 atom stereocenters. The SMILES string of the molecule is COc1ccc(N2C(=O)[C@@H]3[C@@H](C2=O)[C@H]2C=C[C@H]3C23C[C@H]3c2ccccc2)cc1. The van der Waals surface area contributed by atoms with Crippen molar-refractivity contribution in [1.82, 2.24) is 0 Å². The van der Waals surface area contributed by atoms with Crippen molar-refractivity contribution in [3.05, 3.63) is 72.3 Å². The lowest BCUT2D eigenvalue weighted by molar-refractivity contribution is -0.123. The zero-order chi connectivity index (χ0) is 19.0. The van der Waals surface area contributed by atoms with E-state index in [1.807, 2.05) is 6.07 Å². The molecule has 4 nitrogen and oxygen atoms in total. The minimum absolute atomic E-state index is 0.0323. The highest BCUT2D eigenvalue weighted by molar-refractivity contribution is 6.23. The monoisotopic (exact) mass is 371 g/mol. The van der Waals surface area contributed by atoms with E-state index in [0.717, 1.165) is 6.42 Å². The number of rotatable bonds is 3. The van der Waals surface area contributed by atoms with Gasteiger partial charge in [-0.15, -0.1) is 0 Å². The van der Waals surface area contributed by atoms with Crippen LogP contribution in [0, 0.1) is 29.1 Å². The molecule has 2 aromatic rings. The number of ether oxygens (including phenoxy) is 1. The van der Waals surface area contributed by atoms with Crippen molar-refractivity contribution >= 4 is 17.5 Å². The van der Waals surface area contributed by atoms with Crippen molar-refractivity contribution < 1.29 is 14.3 Å². The number of amides is 2. The Morgan fingerprint density at radius 1 is 0.893 bits per heavy atom. The van der Waals surface area contributed by atoms with Gasteiger partial charge in [0, 0.05) is 0 Å². The number of anilines is 1. The van der Waals surface area contributed by atoms with Gasteiger partial charge in [0.2, 0.25) is 11.8 Å². The summed E-state index contributed by atoms with van der Waals surface area (Å²) in [5.41, 5.74) is 2.07. The molecule has 1 saturated heterocycles. The van der Waals surface area contributed by atoms with Crippen LogP contribution < -0.4 is 9.64 Å². The number of methoxy groups -OCH3 is 1. The summed E-state index contributed by atoms with van der Waals surface area (Å²) in [5.74, 6) is 1.04. The number of hydrogen-bond acceptors (Lipinski definition) is 3. The largest absolute Gasteiger partial charge is 0.497 e. The van der Waals surface area contributed by atoms with Gasteiger partial charge in [-0.1, -0.05) is 42.5 Å². The molecule has 3 fully saturated rings. The first-order chi connectivity index (χ1) is 13.7. The van der Waals surface area contributed by atoms with E-state index in [1.54, 1.807) is 31.4 Å². The van der Waals surface area contributed by atoms with Crippen LogP contribution in [0.4, 0.5) is 5.69 Å². The Labute approximate surface area is 163 Å². The molecule has 6 rings (SSSR count). The average molecular weight is 371 g/mol. The van der Waals surface area contributed by atoms with Crippen molar-refractivity contribution in [2.45, 2.75) is 12.3 Å². The zero-order valence-corrected chi connectivity index (χ0v) is 15.6. The highest BCUT2D eigenvalue weighted by Crippen LogP contribution is 2.79. The predicted octanol–water partition coefficient (Wildman–Crippen LogP) is 3.79. The third-order valence-corrected chi connectivity index (χ3v) is 7.52. The van der Waals surface area contributed by atoms with E-state index in [9.17, 15) is 9.59 Å².